The molecule has 6 rings (SSSR count). The summed E-state index contributed by atoms with van der Waals surface area (Å²) in [6, 6.07) is 11.6. The maximum Gasteiger partial charge on any atom is 0.186 e. The zero-order chi connectivity index (χ0) is 19.4. The van der Waals surface area contributed by atoms with E-state index in [0.29, 0.717) is 0 Å². The lowest BCUT2D eigenvalue weighted by atomic mass is 10.1. The average Bonchev–Trinajstić information content (AvgIpc) is 3.34. The molecular formula is C22H21FN4OS. The van der Waals surface area contributed by atoms with Gasteiger partial charge in [-0.05, 0) is 36.4 Å². The van der Waals surface area contributed by atoms with E-state index >= 15 is 0 Å². The fourth-order valence-corrected chi connectivity index (χ4v) is 5.39. The topological polar surface area (TPSA) is 44.4 Å². The van der Waals surface area contributed by atoms with Crippen molar-refractivity contribution in [3.05, 3.63) is 53.5 Å². The summed E-state index contributed by atoms with van der Waals surface area (Å²) < 4.78 is 20.3. The predicted molar refractivity (Wildman–Crippen MR) is 116 cm³/mol. The van der Waals surface area contributed by atoms with Crippen LogP contribution in [0, 0.1) is 5.82 Å². The van der Waals surface area contributed by atoms with Crippen molar-refractivity contribution in [3.8, 4) is 0 Å². The molecule has 2 aromatic carbocycles. The Balaban J connectivity index is 1.32. The number of ether oxygens (including phenoxy) is 1. The molecule has 1 fully saturated rings. The highest BCUT2D eigenvalue weighted by atomic mass is 32.1. The lowest BCUT2D eigenvalue weighted by Gasteiger charge is -2.28. The molecule has 29 heavy (non-hydrogen) atoms. The van der Waals surface area contributed by atoms with Gasteiger partial charge in [-0.3, -0.25) is 0 Å². The molecule has 5 nitrogen and oxygen atoms in total. The fourth-order valence-electron chi connectivity index (χ4n) is 4.41. The summed E-state index contributed by atoms with van der Waals surface area (Å²) >= 11 is 1.75. The van der Waals surface area contributed by atoms with Crippen molar-refractivity contribution in [2.45, 2.75) is 13.0 Å². The van der Waals surface area contributed by atoms with Gasteiger partial charge in [-0.25, -0.2) is 9.37 Å². The van der Waals surface area contributed by atoms with Gasteiger partial charge in [0.15, 0.2) is 5.13 Å². The van der Waals surface area contributed by atoms with Crippen molar-refractivity contribution in [1.82, 2.24) is 9.97 Å². The van der Waals surface area contributed by atoms with Crippen LogP contribution in [0.15, 0.2) is 36.4 Å². The van der Waals surface area contributed by atoms with E-state index in [9.17, 15) is 4.39 Å². The van der Waals surface area contributed by atoms with E-state index in [2.05, 4.69) is 33.0 Å². The Morgan fingerprint density at radius 3 is 2.83 bits per heavy atom. The number of halogens is 1. The highest BCUT2D eigenvalue weighted by Gasteiger charge is 2.23. The van der Waals surface area contributed by atoms with Crippen LogP contribution in [0.1, 0.15) is 11.3 Å². The van der Waals surface area contributed by atoms with Crippen molar-refractivity contribution in [3.63, 3.8) is 0 Å². The number of rotatable bonds is 2. The Hall–Kier alpha value is -2.64. The zero-order valence-electron chi connectivity index (χ0n) is 15.9. The molecule has 4 heterocycles. The first kappa shape index (κ1) is 17.2. The van der Waals surface area contributed by atoms with Crippen molar-refractivity contribution in [1.29, 1.82) is 0 Å². The second-order valence-corrected chi connectivity index (χ2v) is 8.70. The Morgan fingerprint density at radius 2 is 1.93 bits per heavy atom. The molecule has 0 bridgehead atoms. The molecule has 0 unspecified atom stereocenters. The summed E-state index contributed by atoms with van der Waals surface area (Å²) in [5.74, 6) is -0.199. The molecule has 148 valence electrons. The van der Waals surface area contributed by atoms with Gasteiger partial charge < -0.3 is 19.5 Å². The molecule has 0 saturated carbocycles. The molecule has 0 spiro atoms. The Bertz CT molecular complexity index is 1210. The van der Waals surface area contributed by atoms with Crippen LogP contribution < -0.4 is 9.80 Å². The predicted octanol–water partition coefficient (Wildman–Crippen LogP) is 4.32. The summed E-state index contributed by atoms with van der Waals surface area (Å²) in [5, 5.41) is 2.17. The van der Waals surface area contributed by atoms with Crippen LogP contribution in [0.5, 0.6) is 0 Å². The van der Waals surface area contributed by atoms with Crippen LogP contribution in [0.3, 0.4) is 0 Å². The van der Waals surface area contributed by atoms with Crippen LogP contribution in [-0.2, 0) is 17.7 Å². The highest BCUT2D eigenvalue weighted by Crippen LogP contribution is 2.35. The first-order valence-corrected chi connectivity index (χ1v) is 10.8. The normalized spacial score (nSPS) is 17.3. The molecule has 2 aliphatic rings. The van der Waals surface area contributed by atoms with Crippen molar-refractivity contribution in [2.24, 2.45) is 0 Å². The van der Waals surface area contributed by atoms with Gasteiger partial charge >= 0.3 is 0 Å². The van der Waals surface area contributed by atoms with E-state index in [0.717, 1.165) is 67.4 Å². The van der Waals surface area contributed by atoms with Gasteiger partial charge in [-0.15, -0.1) is 0 Å². The third-order valence-corrected chi connectivity index (χ3v) is 7.04. The molecule has 0 radical (unpaired) electrons. The Kier molecular flexibility index (Phi) is 3.99. The van der Waals surface area contributed by atoms with Gasteiger partial charge in [-0.2, -0.15) is 0 Å². The number of H-pyrrole nitrogens is 1. The van der Waals surface area contributed by atoms with Crippen LogP contribution in [0.2, 0.25) is 0 Å². The third-order valence-electron chi connectivity index (χ3n) is 5.94. The summed E-state index contributed by atoms with van der Waals surface area (Å²) in [6.45, 7) is 5.14. The molecule has 0 aliphatic carbocycles. The number of aromatic amines is 1. The number of hydrogen-bond acceptors (Lipinski definition) is 5. The minimum atomic E-state index is -0.199. The molecule has 2 aliphatic heterocycles. The summed E-state index contributed by atoms with van der Waals surface area (Å²) in [5.41, 5.74) is 5.64. The second-order valence-electron chi connectivity index (χ2n) is 7.69. The quantitative estimate of drug-likeness (QED) is 0.537. The monoisotopic (exact) mass is 408 g/mol. The zero-order valence-corrected chi connectivity index (χ0v) is 16.8. The summed E-state index contributed by atoms with van der Waals surface area (Å²) in [4.78, 5) is 13.1. The molecule has 7 heteroatoms. The highest BCUT2D eigenvalue weighted by molar-refractivity contribution is 7.22. The summed E-state index contributed by atoms with van der Waals surface area (Å²) in [6.07, 6.45) is 0.917. The Morgan fingerprint density at radius 1 is 1.03 bits per heavy atom. The SMILES string of the molecule is Fc1ccc2c3c([nH]c2c1)CCN(c1nc2cc(N4CCOCC4)ccc2s1)C3. The van der Waals surface area contributed by atoms with Gasteiger partial charge in [-0.1, -0.05) is 11.3 Å². The first-order chi connectivity index (χ1) is 14.2. The van der Waals surface area contributed by atoms with Crippen molar-refractivity contribution >= 4 is 43.3 Å². The van der Waals surface area contributed by atoms with Crippen molar-refractivity contribution in [2.75, 3.05) is 42.6 Å². The van der Waals surface area contributed by atoms with E-state index < -0.39 is 0 Å². The number of nitrogens with one attached hydrogen (secondary N) is 1. The van der Waals surface area contributed by atoms with Gasteiger partial charge in [0, 0.05) is 60.4 Å². The van der Waals surface area contributed by atoms with E-state index in [1.54, 1.807) is 23.5 Å². The van der Waals surface area contributed by atoms with Gasteiger partial charge in [0.1, 0.15) is 5.82 Å². The molecule has 2 aromatic heterocycles. The molecular weight excluding hydrogens is 387 g/mol. The van der Waals surface area contributed by atoms with Crippen LogP contribution >= 0.6 is 11.3 Å². The number of anilines is 2. The molecule has 1 N–H and O–H groups in total. The largest absolute Gasteiger partial charge is 0.378 e. The number of nitrogens with zero attached hydrogens (tertiary/aromatic N) is 3. The molecule has 0 atom stereocenters. The third kappa shape index (κ3) is 2.96. The smallest absolute Gasteiger partial charge is 0.186 e. The summed E-state index contributed by atoms with van der Waals surface area (Å²) in [7, 11) is 0. The average molecular weight is 409 g/mol. The van der Waals surface area contributed by atoms with Crippen molar-refractivity contribution < 1.29 is 9.13 Å². The number of fused-ring (bicyclic) bond motifs is 4. The van der Waals surface area contributed by atoms with Gasteiger partial charge in [0.25, 0.3) is 0 Å². The number of hydrogen-bond donors (Lipinski definition) is 1. The van der Waals surface area contributed by atoms with Gasteiger partial charge in [0.05, 0.1) is 23.4 Å². The first-order valence-electron chi connectivity index (χ1n) is 10.0. The van der Waals surface area contributed by atoms with E-state index in [4.69, 9.17) is 9.72 Å². The molecule has 0 amide bonds. The van der Waals surface area contributed by atoms with E-state index in [1.807, 2.05) is 6.07 Å². The number of thiazole rings is 1. The second kappa shape index (κ2) is 6.71. The number of aromatic nitrogens is 2. The molecule has 4 aromatic rings. The maximum absolute atomic E-state index is 13.6. The van der Waals surface area contributed by atoms with Gasteiger partial charge in [0.2, 0.25) is 0 Å². The van der Waals surface area contributed by atoms with E-state index in [1.165, 1.54) is 21.6 Å². The Labute approximate surface area is 171 Å². The standard InChI is InChI=1S/C22H21FN4OS/c23-14-1-3-16-17-13-27(6-5-18(17)24-19(16)11-14)22-25-20-12-15(2-4-21(20)29-22)26-7-9-28-10-8-26/h1-4,11-12,24H,5-10,13H2. The van der Waals surface area contributed by atoms with Crippen LogP contribution in [0.25, 0.3) is 21.1 Å². The minimum absolute atomic E-state index is 0.199. The fraction of sp³-hybridized carbons (Fsp3) is 0.318. The lowest BCUT2D eigenvalue weighted by molar-refractivity contribution is 0.122. The lowest BCUT2D eigenvalue weighted by Crippen LogP contribution is -2.36. The molecule has 1 saturated heterocycles. The minimum Gasteiger partial charge on any atom is -0.378 e. The van der Waals surface area contributed by atoms with Crippen LogP contribution in [0.4, 0.5) is 15.2 Å². The van der Waals surface area contributed by atoms with E-state index in [-0.39, 0.29) is 5.82 Å². The number of benzene rings is 2. The number of morpholine rings is 1. The van der Waals surface area contributed by atoms with Crippen LogP contribution in [-0.4, -0.2) is 42.8 Å². The maximum atomic E-state index is 13.6.